The van der Waals surface area contributed by atoms with E-state index in [0.717, 1.165) is 12.8 Å². The molecule has 1 aromatic carbocycles. The van der Waals surface area contributed by atoms with Gasteiger partial charge in [-0.15, -0.1) is 0 Å². The summed E-state index contributed by atoms with van der Waals surface area (Å²) in [6.45, 7) is 0.557. The fraction of sp³-hybridized carbons (Fsp3) is 0.400. The topological polar surface area (TPSA) is 87.1 Å². The molecule has 1 amide bonds. The first-order chi connectivity index (χ1) is 10.5. The molecular formula is C15H17N3O3S. The van der Waals surface area contributed by atoms with Crippen LogP contribution in [0.15, 0.2) is 23.0 Å². The molecule has 0 saturated heterocycles. The van der Waals surface area contributed by atoms with Crippen LogP contribution in [-0.2, 0) is 7.05 Å². The van der Waals surface area contributed by atoms with E-state index in [0.29, 0.717) is 27.8 Å². The molecule has 0 bridgehead atoms. The van der Waals surface area contributed by atoms with Crippen molar-refractivity contribution in [3.05, 3.63) is 38.9 Å². The summed E-state index contributed by atoms with van der Waals surface area (Å²) >= 11 is 5.08. The zero-order valence-corrected chi connectivity index (χ0v) is 13.0. The molecule has 3 N–H and O–H groups in total. The van der Waals surface area contributed by atoms with Crippen LogP contribution in [-0.4, -0.2) is 33.7 Å². The van der Waals surface area contributed by atoms with Crippen molar-refractivity contribution in [3.8, 4) is 0 Å². The zero-order chi connectivity index (χ0) is 15.9. The Balaban J connectivity index is 1.88. The SMILES string of the molecule is Cn1c(=S)[nH]c2cc(C(=O)NCC3(CO)CC3)ccc2c1=O. The Kier molecular flexibility index (Phi) is 3.62. The Hall–Kier alpha value is -1.99. The maximum absolute atomic E-state index is 12.2. The quantitative estimate of drug-likeness (QED) is 0.737. The number of fused-ring (bicyclic) bond motifs is 1. The molecule has 0 radical (unpaired) electrons. The van der Waals surface area contributed by atoms with Gasteiger partial charge in [0.25, 0.3) is 11.5 Å². The van der Waals surface area contributed by atoms with Crippen molar-refractivity contribution >= 4 is 29.0 Å². The lowest BCUT2D eigenvalue weighted by molar-refractivity contribution is 0.0935. The molecule has 0 aliphatic heterocycles. The van der Waals surface area contributed by atoms with Crippen molar-refractivity contribution in [2.75, 3.05) is 13.2 Å². The monoisotopic (exact) mass is 319 g/mol. The van der Waals surface area contributed by atoms with E-state index in [4.69, 9.17) is 12.2 Å². The van der Waals surface area contributed by atoms with Gasteiger partial charge in [-0.1, -0.05) is 0 Å². The van der Waals surface area contributed by atoms with Crippen molar-refractivity contribution in [3.63, 3.8) is 0 Å². The molecule has 1 aliphatic rings. The van der Waals surface area contributed by atoms with Crippen molar-refractivity contribution in [2.45, 2.75) is 12.8 Å². The molecule has 7 heteroatoms. The lowest BCUT2D eigenvalue weighted by atomic mass is 10.1. The highest BCUT2D eigenvalue weighted by Gasteiger charge is 2.42. The number of benzene rings is 1. The van der Waals surface area contributed by atoms with Crippen molar-refractivity contribution < 1.29 is 9.90 Å². The average Bonchev–Trinajstić information content (AvgIpc) is 3.30. The number of carbonyl (C=O) groups is 1. The number of aliphatic hydroxyl groups excluding tert-OH is 1. The summed E-state index contributed by atoms with van der Waals surface area (Å²) in [5.41, 5.74) is 0.676. The lowest BCUT2D eigenvalue weighted by Gasteiger charge is -2.13. The lowest BCUT2D eigenvalue weighted by Crippen LogP contribution is -2.31. The van der Waals surface area contributed by atoms with Gasteiger partial charge in [-0.2, -0.15) is 0 Å². The molecule has 1 aliphatic carbocycles. The fourth-order valence-corrected chi connectivity index (χ4v) is 2.58. The van der Waals surface area contributed by atoms with Crippen LogP contribution < -0.4 is 10.9 Å². The number of aromatic nitrogens is 2. The maximum atomic E-state index is 12.2. The second-order valence-electron chi connectivity index (χ2n) is 5.90. The molecule has 2 aromatic rings. The Bertz CT molecular complexity index is 864. The summed E-state index contributed by atoms with van der Waals surface area (Å²) in [6, 6.07) is 4.87. The number of aliphatic hydroxyl groups is 1. The first-order valence-corrected chi connectivity index (χ1v) is 7.49. The molecule has 116 valence electrons. The third-order valence-corrected chi connectivity index (χ3v) is 4.66. The van der Waals surface area contributed by atoms with Gasteiger partial charge in [0.2, 0.25) is 0 Å². The second-order valence-corrected chi connectivity index (χ2v) is 6.28. The highest BCUT2D eigenvalue weighted by atomic mass is 32.1. The van der Waals surface area contributed by atoms with Gasteiger partial charge in [0.1, 0.15) is 0 Å². The molecule has 1 saturated carbocycles. The minimum Gasteiger partial charge on any atom is -0.396 e. The zero-order valence-electron chi connectivity index (χ0n) is 12.2. The smallest absolute Gasteiger partial charge is 0.261 e. The first kappa shape index (κ1) is 14.9. The molecule has 22 heavy (non-hydrogen) atoms. The van der Waals surface area contributed by atoms with Gasteiger partial charge in [-0.05, 0) is 43.3 Å². The maximum Gasteiger partial charge on any atom is 0.261 e. The molecule has 1 aromatic heterocycles. The van der Waals surface area contributed by atoms with E-state index in [2.05, 4.69) is 10.3 Å². The number of nitrogens with one attached hydrogen (secondary N) is 2. The van der Waals surface area contributed by atoms with Crippen molar-refractivity contribution in [1.29, 1.82) is 0 Å². The summed E-state index contributed by atoms with van der Waals surface area (Å²) in [7, 11) is 1.60. The largest absolute Gasteiger partial charge is 0.396 e. The first-order valence-electron chi connectivity index (χ1n) is 7.08. The Morgan fingerprint density at radius 3 is 2.86 bits per heavy atom. The molecular weight excluding hydrogens is 302 g/mol. The van der Waals surface area contributed by atoms with Crippen LogP contribution in [0, 0.1) is 10.2 Å². The van der Waals surface area contributed by atoms with E-state index in [9.17, 15) is 14.7 Å². The Morgan fingerprint density at radius 2 is 2.23 bits per heavy atom. The van der Waals surface area contributed by atoms with Crippen LogP contribution in [0.25, 0.3) is 10.9 Å². The molecule has 1 heterocycles. The van der Waals surface area contributed by atoms with E-state index in [1.54, 1.807) is 25.2 Å². The summed E-state index contributed by atoms with van der Waals surface area (Å²) in [4.78, 5) is 27.2. The minimum atomic E-state index is -0.221. The van der Waals surface area contributed by atoms with Crippen LogP contribution in [0.3, 0.4) is 0 Å². The summed E-state index contributed by atoms with van der Waals surface area (Å²) < 4.78 is 1.67. The van der Waals surface area contributed by atoms with E-state index in [1.165, 1.54) is 4.57 Å². The number of nitrogens with zero attached hydrogens (tertiary/aromatic N) is 1. The summed E-state index contributed by atoms with van der Waals surface area (Å²) in [5.74, 6) is -0.221. The van der Waals surface area contributed by atoms with Crippen molar-refractivity contribution in [2.24, 2.45) is 12.5 Å². The summed E-state index contributed by atoms with van der Waals surface area (Å²) in [6.07, 6.45) is 1.87. The fourth-order valence-electron chi connectivity index (χ4n) is 2.38. The molecule has 0 unspecified atom stereocenters. The van der Waals surface area contributed by atoms with Gasteiger partial charge in [0.05, 0.1) is 17.5 Å². The number of hydrogen-bond donors (Lipinski definition) is 3. The molecule has 3 rings (SSSR count). The average molecular weight is 319 g/mol. The van der Waals surface area contributed by atoms with Crippen LogP contribution in [0.1, 0.15) is 23.2 Å². The number of H-pyrrole nitrogens is 1. The number of carbonyl (C=O) groups excluding carboxylic acids is 1. The number of rotatable bonds is 4. The van der Waals surface area contributed by atoms with Gasteiger partial charge in [0.15, 0.2) is 4.77 Å². The van der Waals surface area contributed by atoms with E-state index < -0.39 is 0 Å². The molecule has 6 nitrogen and oxygen atoms in total. The predicted molar refractivity (Wildman–Crippen MR) is 85.5 cm³/mol. The minimum absolute atomic E-state index is 0.0914. The van der Waals surface area contributed by atoms with E-state index in [-0.39, 0.29) is 23.5 Å². The Morgan fingerprint density at radius 1 is 1.50 bits per heavy atom. The number of amides is 1. The number of aromatic amines is 1. The van der Waals surface area contributed by atoms with Crippen LogP contribution in [0.5, 0.6) is 0 Å². The predicted octanol–water partition coefficient (Wildman–Crippen LogP) is 1.10. The molecule has 1 fully saturated rings. The highest BCUT2D eigenvalue weighted by Crippen LogP contribution is 2.44. The van der Waals surface area contributed by atoms with Gasteiger partial charge >= 0.3 is 0 Å². The third kappa shape index (κ3) is 2.57. The summed E-state index contributed by atoms with van der Waals surface area (Å²) in [5, 5.41) is 12.6. The highest BCUT2D eigenvalue weighted by molar-refractivity contribution is 7.71. The second kappa shape index (κ2) is 5.33. The van der Waals surface area contributed by atoms with Crippen LogP contribution in [0.2, 0.25) is 0 Å². The van der Waals surface area contributed by atoms with E-state index in [1.807, 2.05) is 0 Å². The number of hydrogen-bond acceptors (Lipinski definition) is 4. The molecule has 0 atom stereocenters. The van der Waals surface area contributed by atoms with Gasteiger partial charge in [0, 0.05) is 24.6 Å². The standard InChI is InChI=1S/C15H17N3O3S/c1-18-13(21)10-3-2-9(6-11(10)17-14(18)22)12(20)16-7-15(8-19)4-5-15/h2-3,6,19H,4-5,7-8H2,1H3,(H,16,20)(H,17,22). The third-order valence-electron chi connectivity index (χ3n) is 4.28. The van der Waals surface area contributed by atoms with Gasteiger partial charge < -0.3 is 15.4 Å². The van der Waals surface area contributed by atoms with E-state index >= 15 is 0 Å². The van der Waals surface area contributed by atoms with Gasteiger partial charge in [-0.3, -0.25) is 14.2 Å². The normalized spacial score (nSPS) is 15.7. The molecule has 0 spiro atoms. The van der Waals surface area contributed by atoms with Crippen LogP contribution in [0.4, 0.5) is 0 Å². The Labute approximate surface area is 131 Å². The van der Waals surface area contributed by atoms with Gasteiger partial charge in [-0.25, -0.2) is 0 Å². The van der Waals surface area contributed by atoms with Crippen molar-refractivity contribution in [1.82, 2.24) is 14.9 Å². The van der Waals surface area contributed by atoms with Crippen LogP contribution >= 0.6 is 12.2 Å².